The molecule has 1 saturated heterocycles. The van der Waals surface area contributed by atoms with Crippen LogP contribution in [0.2, 0.25) is 0 Å². The third kappa shape index (κ3) is 0.611. The Hall–Kier alpha value is -0.570. The van der Waals surface area contributed by atoms with Gasteiger partial charge in [-0.1, -0.05) is 0 Å². The van der Waals surface area contributed by atoms with Gasteiger partial charge in [0.2, 0.25) is 0 Å². The quantitative estimate of drug-likeness (QED) is 0.543. The first-order chi connectivity index (χ1) is 4.76. The molecule has 1 saturated carbocycles. The zero-order valence-corrected chi connectivity index (χ0v) is 5.76. The van der Waals surface area contributed by atoms with Gasteiger partial charge in [0, 0.05) is 6.54 Å². The first-order valence-electron chi connectivity index (χ1n) is 3.70. The summed E-state index contributed by atoms with van der Waals surface area (Å²) < 4.78 is 0. The lowest BCUT2D eigenvalue weighted by molar-refractivity contribution is -0.144. The molecule has 1 aliphatic heterocycles. The monoisotopic (exact) mass is 141 g/mol. The summed E-state index contributed by atoms with van der Waals surface area (Å²) in [6.45, 7) is 1.69. The average molecular weight is 141 g/mol. The summed E-state index contributed by atoms with van der Waals surface area (Å²) in [6.07, 6.45) is 1.95. The number of fused-ring (bicyclic) bond motifs is 1. The van der Waals surface area contributed by atoms with Gasteiger partial charge in [0.05, 0.1) is 5.41 Å². The third-order valence-electron chi connectivity index (χ3n) is 2.77. The van der Waals surface area contributed by atoms with E-state index in [1.807, 2.05) is 0 Å². The number of piperidine rings is 1. The summed E-state index contributed by atoms with van der Waals surface area (Å²) in [6, 6.07) is 0. The highest BCUT2D eigenvalue weighted by Gasteiger charge is 2.60. The van der Waals surface area contributed by atoms with E-state index in [9.17, 15) is 4.79 Å². The average Bonchev–Trinajstić information content (AvgIpc) is 2.61. The highest BCUT2D eigenvalue weighted by Crippen LogP contribution is 2.55. The van der Waals surface area contributed by atoms with Crippen molar-refractivity contribution in [1.82, 2.24) is 5.32 Å². The van der Waals surface area contributed by atoms with Crippen LogP contribution in [0, 0.1) is 11.3 Å². The van der Waals surface area contributed by atoms with Gasteiger partial charge in [0.1, 0.15) is 0 Å². The van der Waals surface area contributed by atoms with E-state index >= 15 is 0 Å². The third-order valence-corrected chi connectivity index (χ3v) is 2.77. The van der Waals surface area contributed by atoms with Gasteiger partial charge in [-0.15, -0.1) is 0 Å². The van der Waals surface area contributed by atoms with E-state index in [0.717, 1.165) is 19.4 Å². The minimum absolute atomic E-state index is 0.349. The summed E-state index contributed by atoms with van der Waals surface area (Å²) in [5.41, 5.74) is -0.349. The Bertz CT molecular complexity index is 180. The molecule has 0 aromatic carbocycles. The van der Waals surface area contributed by atoms with Crippen LogP contribution in [0.25, 0.3) is 0 Å². The van der Waals surface area contributed by atoms with Crippen molar-refractivity contribution in [2.24, 2.45) is 11.3 Å². The van der Waals surface area contributed by atoms with Crippen molar-refractivity contribution in [1.29, 1.82) is 0 Å². The molecule has 2 N–H and O–H groups in total. The molecule has 2 fully saturated rings. The van der Waals surface area contributed by atoms with E-state index in [-0.39, 0.29) is 5.41 Å². The first-order valence-corrected chi connectivity index (χ1v) is 3.70. The highest BCUT2D eigenvalue weighted by atomic mass is 16.4. The van der Waals surface area contributed by atoms with E-state index in [4.69, 9.17) is 5.11 Å². The fourth-order valence-corrected chi connectivity index (χ4v) is 1.90. The second-order valence-corrected chi connectivity index (χ2v) is 3.33. The Balaban J connectivity index is 2.12. The van der Waals surface area contributed by atoms with Crippen LogP contribution in [0.1, 0.15) is 12.8 Å². The van der Waals surface area contributed by atoms with Crippen molar-refractivity contribution in [2.75, 3.05) is 13.1 Å². The van der Waals surface area contributed by atoms with Crippen LogP contribution in [0.15, 0.2) is 0 Å². The van der Waals surface area contributed by atoms with E-state index < -0.39 is 5.97 Å². The maximum atomic E-state index is 10.7. The predicted molar refractivity (Wildman–Crippen MR) is 35.7 cm³/mol. The molecule has 3 heteroatoms. The van der Waals surface area contributed by atoms with Crippen LogP contribution in [0.5, 0.6) is 0 Å². The summed E-state index contributed by atoms with van der Waals surface area (Å²) >= 11 is 0. The lowest BCUT2D eigenvalue weighted by Crippen LogP contribution is -2.36. The fourth-order valence-electron chi connectivity index (χ4n) is 1.90. The van der Waals surface area contributed by atoms with Crippen LogP contribution in [0.4, 0.5) is 0 Å². The Kier molecular flexibility index (Phi) is 1.06. The van der Waals surface area contributed by atoms with Gasteiger partial charge < -0.3 is 10.4 Å². The van der Waals surface area contributed by atoms with Gasteiger partial charge in [0.15, 0.2) is 0 Å². The zero-order valence-electron chi connectivity index (χ0n) is 5.76. The van der Waals surface area contributed by atoms with Crippen molar-refractivity contribution in [3.63, 3.8) is 0 Å². The van der Waals surface area contributed by atoms with Gasteiger partial charge in [0.25, 0.3) is 0 Å². The molecule has 2 atom stereocenters. The number of carbonyl (C=O) groups is 1. The summed E-state index contributed by atoms with van der Waals surface area (Å²) in [4.78, 5) is 10.7. The maximum absolute atomic E-state index is 10.7. The van der Waals surface area contributed by atoms with Gasteiger partial charge in [-0.05, 0) is 25.3 Å². The predicted octanol–water partition coefficient (Wildman–Crippen LogP) is 0.0706. The topological polar surface area (TPSA) is 49.3 Å². The molecule has 0 aromatic rings. The molecule has 2 rings (SSSR count). The minimum atomic E-state index is -0.607. The molecule has 1 aliphatic carbocycles. The summed E-state index contributed by atoms with van der Waals surface area (Å²) in [5, 5.41) is 11.9. The lowest BCUT2D eigenvalue weighted by atomic mass is 9.99. The smallest absolute Gasteiger partial charge is 0.311 e. The molecule has 2 aliphatic rings. The Morgan fingerprint density at radius 2 is 2.50 bits per heavy atom. The van der Waals surface area contributed by atoms with Gasteiger partial charge in [-0.25, -0.2) is 0 Å². The van der Waals surface area contributed by atoms with Crippen molar-refractivity contribution >= 4 is 5.97 Å². The number of carboxylic acid groups (broad SMARTS) is 1. The molecule has 3 nitrogen and oxygen atoms in total. The lowest BCUT2D eigenvalue weighted by Gasteiger charge is -2.18. The molecule has 0 bridgehead atoms. The van der Waals surface area contributed by atoms with Crippen LogP contribution in [0.3, 0.4) is 0 Å². The molecule has 0 amide bonds. The van der Waals surface area contributed by atoms with Crippen LogP contribution >= 0.6 is 0 Å². The summed E-state index contributed by atoms with van der Waals surface area (Å²) in [7, 11) is 0. The molecule has 10 heavy (non-hydrogen) atoms. The molecule has 0 aromatic heterocycles. The number of nitrogens with one attached hydrogen (secondary N) is 1. The van der Waals surface area contributed by atoms with Crippen molar-refractivity contribution in [3.8, 4) is 0 Å². The fraction of sp³-hybridized carbons (Fsp3) is 0.857. The Labute approximate surface area is 59.4 Å². The highest BCUT2D eigenvalue weighted by molar-refractivity contribution is 5.79. The zero-order chi connectivity index (χ0) is 7.19. The molecule has 0 radical (unpaired) electrons. The minimum Gasteiger partial charge on any atom is -0.481 e. The number of aliphatic carboxylic acids is 1. The Morgan fingerprint density at radius 1 is 1.70 bits per heavy atom. The SMILES string of the molecule is O=C(O)[C@@]12CNCC[C@H]1C2. The maximum Gasteiger partial charge on any atom is 0.311 e. The van der Waals surface area contributed by atoms with Crippen LogP contribution < -0.4 is 5.32 Å². The van der Waals surface area contributed by atoms with E-state index in [0.29, 0.717) is 12.5 Å². The molecule has 56 valence electrons. The van der Waals surface area contributed by atoms with Gasteiger partial charge in [-0.2, -0.15) is 0 Å². The summed E-state index contributed by atoms with van der Waals surface area (Å²) in [5.74, 6) is -0.129. The van der Waals surface area contributed by atoms with Gasteiger partial charge in [-0.3, -0.25) is 4.79 Å². The number of rotatable bonds is 1. The number of carboxylic acids is 1. The second kappa shape index (κ2) is 1.72. The van der Waals surface area contributed by atoms with Crippen LogP contribution in [-0.2, 0) is 4.79 Å². The van der Waals surface area contributed by atoms with E-state index in [1.165, 1.54) is 0 Å². The molecule has 1 heterocycles. The number of hydrogen-bond donors (Lipinski definition) is 2. The molecular formula is C7H11NO2. The largest absolute Gasteiger partial charge is 0.481 e. The van der Waals surface area contributed by atoms with Crippen LogP contribution in [-0.4, -0.2) is 24.2 Å². The Morgan fingerprint density at radius 3 is 3.00 bits per heavy atom. The number of hydrogen-bond acceptors (Lipinski definition) is 2. The molecule has 0 unspecified atom stereocenters. The normalized spacial score (nSPS) is 44.2. The van der Waals surface area contributed by atoms with Gasteiger partial charge >= 0.3 is 5.97 Å². The molecular weight excluding hydrogens is 130 g/mol. The van der Waals surface area contributed by atoms with Crippen molar-refractivity contribution in [3.05, 3.63) is 0 Å². The first kappa shape index (κ1) is 6.16. The second-order valence-electron chi connectivity index (χ2n) is 3.33. The van der Waals surface area contributed by atoms with E-state index in [2.05, 4.69) is 5.32 Å². The van der Waals surface area contributed by atoms with Crippen molar-refractivity contribution < 1.29 is 9.90 Å². The van der Waals surface area contributed by atoms with Crippen molar-refractivity contribution in [2.45, 2.75) is 12.8 Å². The van der Waals surface area contributed by atoms with E-state index in [1.54, 1.807) is 0 Å². The standard InChI is InChI=1S/C7H11NO2/c9-6(10)7-3-5(7)1-2-8-4-7/h5,8H,1-4H2,(H,9,10)/t5-,7-/m0/s1. The molecule has 0 spiro atoms.